The van der Waals surface area contributed by atoms with Gasteiger partial charge in [-0.05, 0) is 25.7 Å². The van der Waals surface area contributed by atoms with Gasteiger partial charge in [0.2, 0.25) is 6.08 Å². The Bertz CT molecular complexity index is 307. The van der Waals surface area contributed by atoms with Gasteiger partial charge in [-0.3, -0.25) is 0 Å². The molecule has 18 heavy (non-hydrogen) atoms. The number of isocyanates is 1. The molecule has 0 aromatic heterocycles. The molecule has 0 bridgehead atoms. The number of nitrogens with zero attached hydrogens (tertiary/aromatic N) is 2. The van der Waals surface area contributed by atoms with Crippen LogP contribution in [0.2, 0.25) is 0 Å². The fraction of sp³-hybridized carbons (Fsp3) is 0.857. The molecule has 0 aromatic carbocycles. The quantitative estimate of drug-likeness (QED) is 0.557. The third-order valence-corrected chi connectivity index (χ3v) is 4.30. The molecule has 4 nitrogen and oxygen atoms in total. The molecule has 0 N–H and O–H groups in total. The zero-order chi connectivity index (χ0) is 12.8. The Morgan fingerprint density at radius 3 is 1.72 bits per heavy atom. The smallest absolute Gasteiger partial charge is 0.316 e. The summed E-state index contributed by atoms with van der Waals surface area (Å²) in [6.45, 7) is 0. The second-order valence-corrected chi connectivity index (χ2v) is 5.48. The lowest BCUT2D eigenvalue weighted by molar-refractivity contribution is 0.111. The van der Waals surface area contributed by atoms with E-state index in [-0.39, 0.29) is 6.03 Å². The van der Waals surface area contributed by atoms with Crippen molar-refractivity contribution in [3.05, 3.63) is 0 Å². The number of hydrogen-bond donors (Lipinski definition) is 0. The van der Waals surface area contributed by atoms with Crippen LogP contribution in [-0.4, -0.2) is 29.1 Å². The van der Waals surface area contributed by atoms with E-state index in [1.165, 1.54) is 44.6 Å². The molecule has 0 aromatic rings. The van der Waals surface area contributed by atoms with Gasteiger partial charge < -0.3 is 4.90 Å². The summed E-state index contributed by atoms with van der Waals surface area (Å²) in [4.78, 5) is 27.6. The second kappa shape index (κ2) is 6.69. The van der Waals surface area contributed by atoms with E-state index in [0.29, 0.717) is 12.1 Å². The fourth-order valence-electron chi connectivity index (χ4n) is 3.43. The monoisotopic (exact) mass is 250 g/mol. The Hall–Kier alpha value is -1.15. The third kappa shape index (κ3) is 3.20. The van der Waals surface area contributed by atoms with Crippen LogP contribution in [0.25, 0.3) is 0 Å². The van der Waals surface area contributed by atoms with Gasteiger partial charge in [0.05, 0.1) is 0 Å². The minimum absolute atomic E-state index is 0.298. The molecule has 0 saturated heterocycles. The maximum absolute atomic E-state index is 12.0. The lowest BCUT2D eigenvalue weighted by Gasteiger charge is -2.40. The van der Waals surface area contributed by atoms with E-state index in [9.17, 15) is 9.59 Å². The highest BCUT2D eigenvalue weighted by molar-refractivity contribution is 5.80. The number of carbonyl (C=O) groups excluding carboxylic acids is 2. The zero-order valence-corrected chi connectivity index (χ0v) is 10.9. The van der Waals surface area contributed by atoms with Gasteiger partial charge in [-0.15, -0.1) is 4.99 Å². The molecule has 2 aliphatic rings. The average Bonchev–Trinajstić information content (AvgIpc) is 2.42. The van der Waals surface area contributed by atoms with Gasteiger partial charge in [0.15, 0.2) is 0 Å². The van der Waals surface area contributed by atoms with Gasteiger partial charge in [-0.1, -0.05) is 38.5 Å². The van der Waals surface area contributed by atoms with Crippen LogP contribution in [0, 0.1) is 0 Å². The minimum Gasteiger partial charge on any atom is -0.316 e. The molecule has 0 atom stereocenters. The van der Waals surface area contributed by atoms with Crippen molar-refractivity contribution in [1.29, 1.82) is 0 Å². The summed E-state index contributed by atoms with van der Waals surface area (Å²) < 4.78 is 0. The summed E-state index contributed by atoms with van der Waals surface area (Å²) in [7, 11) is 0. The topological polar surface area (TPSA) is 49.7 Å². The van der Waals surface area contributed by atoms with Gasteiger partial charge in [-0.25, -0.2) is 9.59 Å². The summed E-state index contributed by atoms with van der Waals surface area (Å²) >= 11 is 0. The van der Waals surface area contributed by atoms with Crippen LogP contribution >= 0.6 is 0 Å². The zero-order valence-electron chi connectivity index (χ0n) is 10.9. The highest BCUT2D eigenvalue weighted by Gasteiger charge is 2.32. The number of aliphatic imine (C=N–C) groups is 1. The van der Waals surface area contributed by atoms with Gasteiger partial charge in [-0.2, -0.15) is 0 Å². The molecule has 2 saturated carbocycles. The Kier molecular flexibility index (Phi) is 4.94. The SMILES string of the molecule is O=C=NC(=O)N(C1CCCCC1)C1CCCCC1. The molecule has 0 aliphatic heterocycles. The van der Waals surface area contributed by atoms with Crippen molar-refractivity contribution in [2.24, 2.45) is 4.99 Å². The Morgan fingerprint density at radius 1 is 0.889 bits per heavy atom. The van der Waals surface area contributed by atoms with Gasteiger partial charge in [0.1, 0.15) is 0 Å². The number of hydrogen-bond acceptors (Lipinski definition) is 2. The van der Waals surface area contributed by atoms with Crippen molar-refractivity contribution in [3.63, 3.8) is 0 Å². The molecule has 0 unspecified atom stereocenters. The second-order valence-electron chi connectivity index (χ2n) is 5.48. The highest BCUT2D eigenvalue weighted by Crippen LogP contribution is 2.30. The van der Waals surface area contributed by atoms with Crippen molar-refractivity contribution in [1.82, 2.24) is 4.90 Å². The Labute approximate surface area is 108 Å². The first kappa shape index (κ1) is 13.3. The highest BCUT2D eigenvalue weighted by atomic mass is 16.2. The summed E-state index contributed by atoms with van der Waals surface area (Å²) in [6.07, 6.45) is 12.9. The molecule has 100 valence electrons. The maximum Gasteiger partial charge on any atom is 0.354 e. The van der Waals surface area contributed by atoms with Crippen LogP contribution in [0.3, 0.4) is 0 Å². The maximum atomic E-state index is 12.0. The molecule has 2 fully saturated rings. The van der Waals surface area contributed by atoms with Crippen LogP contribution in [0.15, 0.2) is 4.99 Å². The summed E-state index contributed by atoms with van der Waals surface area (Å²) in [6, 6.07) is 0.238. The van der Waals surface area contributed by atoms with Gasteiger partial charge in [0.25, 0.3) is 0 Å². The number of amides is 2. The average molecular weight is 250 g/mol. The number of rotatable bonds is 2. The molecule has 0 radical (unpaired) electrons. The summed E-state index contributed by atoms with van der Waals surface area (Å²) in [5, 5.41) is 0. The van der Waals surface area contributed by atoms with E-state index >= 15 is 0 Å². The largest absolute Gasteiger partial charge is 0.354 e. The van der Waals surface area contributed by atoms with E-state index in [1.807, 2.05) is 4.90 Å². The molecule has 2 amide bonds. The van der Waals surface area contributed by atoms with Crippen molar-refractivity contribution >= 4 is 12.1 Å². The van der Waals surface area contributed by atoms with Crippen molar-refractivity contribution in [2.75, 3.05) is 0 Å². The van der Waals surface area contributed by atoms with E-state index in [4.69, 9.17) is 0 Å². The van der Waals surface area contributed by atoms with E-state index in [1.54, 1.807) is 0 Å². The van der Waals surface area contributed by atoms with Crippen molar-refractivity contribution in [3.8, 4) is 0 Å². The van der Waals surface area contributed by atoms with Crippen LogP contribution in [0.5, 0.6) is 0 Å². The third-order valence-electron chi connectivity index (χ3n) is 4.30. The molecular weight excluding hydrogens is 228 g/mol. The standard InChI is InChI=1S/C14H22N2O2/c17-11-15-14(18)16(12-7-3-1-4-8-12)13-9-5-2-6-10-13/h12-13H,1-10H2. The minimum atomic E-state index is -0.358. The van der Waals surface area contributed by atoms with Crippen LogP contribution in [0.1, 0.15) is 64.2 Å². The lowest BCUT2D eigenvalue weighted by atomic mass is 9.89. The molecule has 2 aliphatic carbocycles. The normalized spacial score (nSPS) is 22.2. The molecule has 0 heterocycles. The molecule has 4 heteroatoms. The fourth-order valence-corrected chi connectivity index (χ4v) is 3.43. The first-order valence-corrected chi connectivity index (χ1v) is 7.23. The van der Waals surface area contributed by atoms with E-state index < -0.39 is 0 Å². The predicted molar refractivity (Wildman–Crippen MR) is 69.1 cm³/mol. The first-order valence-electron chi connectivity index (χ1n) is 7.23. The predicted octanol–water partition coefficient (Wildman–Crippen LogP) is 3.41. The van der Waals surface area contributed by atoms with Crippen LogP contribution in [0.4, 0.5) is 4.79 Å². The Morgan fingerprint density at radius 2 is 1.33 bits per heavy atom. The number of carbonyl (C=O) groups is 1. The first-order chi connectivity index (χ1) is 8.83. The van der Waals surface area contributed by atoms with Gasteiger partial charge in [0, 0.05) is 12.1 Å². The van der Waals surface area contributed by atoms with Crippen molar-refractivity contribution < 1.29 is 9.59 Å². The molecular formula is C14H22N2O2. The van der Waals surface area contributed by atoms with Gasteiger partial charge >= 0.3 is 6.03 Å². The summed E-state index contributed by atoms with van der Waals surface area (Å²) in [5.74, 6) is 0. The Balaban J connectivity index is 2.09. The van der Waals surface area contributed by atoms with E-state index in [0.717, 1.165) is 25.7 Å². The van der Waals surface area contributed by atoms with Crippen LogP contribution in [-0.2, 0) is 4.79 Å². The molecule has 0 spiro atoms. The van der Waals surface area contributed by atoms with E-state index in [2.05, 4.69) is 4.99 Å². The summed E-state index contributed by atoms with van der Waals surface area (Å²) in [5.41, 5.74) is 0. The van der Waals surface area contributed by atoms with Crippen LogP contribution < -0.4 is 0 Å². The lowest BCUT2D eigenvalue weighted by Crippen LogP contribution is -2.47. The van der Waals surface area contributed by atoms with Crippen molar-refractivity contribution in [2.45, 2.75) is 76.3 Å². The molecule has 2 rings (SSSR count). The number of urea groups is 1.